The molecule has 3 nitrogen and oxygen atoms in total. The van der Waals surface area contributed by atoms with Gasteiger partial charge in [-0.15, -0.1) is 0 Å². The number of rotatable bonds is 5. The molecule has 3 atom stereocenters. The number of aliphatic hydroxyl groups is 1. The van der Waals surface area contributed by atoms with Crippen molar-refractivity contribution in [1.82, 2.24) is 0 Å². The Balaban J connectivity index is 2.49. The second kappa shape index (κ2) is 4.80. The van der Waals surface area contributed by atoms with Crippen molar-refractivity contribution >= 4 is 8.56 Å². The van der Waals surface area contributed by atoms with Crippen LogP contribution in [0.15, 0.2) is 0 Å². The summed E-state index contributed by atoms with van der Waals surface area (Å²) in [5.41, 5.74) is 0.0613. The molecule has 0 aromatic carbocycles. The maximum Gasteiger partial charge on any atom is 0.371 e. The van der Waals surface area contributed by atoms with Crippen LogP contribution in [0.1, 0.15) is 53.9 Å². The van der Waals surface area contributed by atoms with Crippen molar-refractivity contribution in [3.63, 3.8) is 0 Å². The van der Waals surface area contributed by atoms with Crippen molar-refractivity contribution in [1.29, 1.82) is 0 Å². The lowest BCUT2D eigenvalue weighted by molar-refractivity contribution is -0.0653. The van der Waals surface area contributed by atoms with Gasteiger partial charge in [0.25, 0.3) is 0 Å². The molecule has 20 heavy (non-hydrogen) atoms. The van der Waals surface area contributed by atoms with Gasteiger partial charge < -0.3 is 14.0 Å². The van der Waals surface area contributed by atoms with E-state index in [0.29, 0.717) is 11.8 Å². The van der Waals surface area contributed by atoms with Gasteiger partial charge in [0.2, 0.25) is 0 Å². The van der Waals surface area contributed by atoms with Gasteiger partial charge in [0, 0.05) is 19.6 Å². The quantitative estimate of drug-likeness (QED) is 0.790. The van der Waals surface area contributed by atoms with E-state index in [2.05, 4.69) is 34.6 Å². The summed E-state index contributed by atoms with van der Waals surface area (Å²) in [6.07, 6.45) is 3.16. The lowest BCUT2D eigenvalue weighted by atomic mass is 9.69. The first-order chi connectivity index (χ1) is 9.10. The lowest BCUT2D eigenvalue weighted by Gasteiger charge is -2.52. The molecule has 2 aliphatic rings. The highest BCUT2D eigenvalue weighted by molar-refractivity contribution is 6.70. The Hall–Kier alpha value is 0.0969. The third kappa shape index (κ3) is 1.74. The minimum absolute atomic E-state index is 0.0994. The molecule has 1 N–H and O–H groups in total. The fraction of sp³-hybridized carbons (Fsp3) is 1.00. The maximum absolute atomic E-state index is 11.7. The summed E-state index contributed by atoms with van der Waals surface area (Å²) in [4.78, 5) is 0. The third-order valence-corrected chi connectivity index (χ3v) is 11.5. The molecule has 2 aliphatic carbocycles. The lowest BCUT2D eigenvalue weighted by Crippen LogP contribution is -2.69. The van der Waals surface area contributed by atoms with Gasteiger partial charge in [0.1, 0.15) is 5.22 Å². The molecule has 2 fully saturated rings. The molecule has 0 radical (unpaired) electrons. The van der Waals surface area contributed by atoms with Crippen LogP contribution < -0.4 is 0 Å². The van der Waals surface area contributed by atoms with Crippen molar-refractivity contribution in [3.8, 4) is 0 Å². The Morgan fingerprint density at radius 3 is 2.05 bits per heavy atom. The van der Waals surface area contributed by atoms with Gasteiger partial charge >= 0.3 is 8.56 Å². The topological polar surface area (TPSA) is 38.7 Å². The molecule has 2 saturated carbocycles. The first-order valence-corrected chi connectivity index (χ1v) is 9.95. The molecule has 0 spiro atoms. The fourth-order valence-corrected chi connectivity index (χ4v) is 9.58. The van der Waals surface area contributed by atoms with Gasteiger partial charge in [-0.2, -0.15) is 0 Å². The van der Waals surface area contributed by atoms with E-state index >= 15 is 0 Å². The van der Waals surface area contributed by atoms with Crippen LogP contribution in [0.2, 0.25) is 6.04 Å². The number of hydrogen-bond donors (Lipinski definition) is 1. The zero-order valence-corrected chi connectivity index (χ0v) is 15.2. The van der Waals surface area contributed by atoms with Crippen molar-refractivity contribution in [2.24, 2.45) is 22.7 Å². The van der Waals surface area contributed by atoms with E-state index in [0.717, 1.165) is 18.9 Å². The van der Waals surface area contributed by atoms with Crippen molar-refractivity contribution in [2.45, 2.75) is 65.1 Å². The maximum atomic E-state index is 11.7. The zero-order valence-electron chi connectivity index (χ0n) is 14.2. The molecule has 0 heterocycles. The van der Waals surface area contributed by atoms with Crippen LogP contribution in [0.4, 0.5) is 0 Å². The molecule has 0 amide bonds. The number of hydrogen-bond acceptors (Lipinski definition) is 3. The van der Waals surface area contributed by atoms with Gasteiger partial charge in [-0.1, -0.05) is 34.6 Å². The molecular formula is C16H32O3Si. The summed E-state index contributed by atoms with van der Waals surface area (Å²) in [6.45, 7) is 11.3. The van der Waals surface area contributed by atoms with E-state index in [-0.39, 0.29) is 10.8 Å². The molecule has 0 saturated heterocycles. The number of fused-ring (bicyclic) bond motifs is 2. The van der Waals surface area contributed by atoms with Gasteiger partial charge in [-0.25, -0.2) is 0 Å². The molecule has 2 bridgehead atoms. The smallest absolute Gasteiger partial charge is 0.371 e. The Labute approximate surface area is 125 Å². The second-order valence-electron chi connectivity index (χ2n) is 8.11. The van der Waals surface area contributed by atoms with Gasteiger partial charge in [-0.05, 0) is 42.6 Å². The molecular weight excluding hydrogens is 268 g/mol. The van der Waals surface area contributed by atoms with Crippen molar-refractivity contribution < 1.29 is 14.0 Å². The van der Waals surface area contributed by atoms with E-state index in [1.165, 1.54) is 6.42 Å². The standard InChI is InChI=1S/C16H32O3Si/c1-12(2)11-20(18-6,19-7)16(17)10-13-8-9-15(16,5)14(13,3)4/h12-13,17H,8-11H2,1-7H3. The zero-order chi connectivity index (χ0) is 15.4. The van der Waals surface area contributed by atoms with Gasteiger partial charge in [0.05, 0.1) is 0 Å². The van der Waals surface area contributed by atoms with Crippen LogP contribution in [0, 0.1) is 22.7 Å². The largest absolute Gasteiger partial charge is 0.396 e. The molecule has 118 valence electrons. The average molecular weight is 301 g/mol. The normalized spacial score (nSPS) is 39.8. The Morgan fingerprint density at radius 2 is 1.75 bits per heavy atom. The molecule has 0 aromatic heterocycles. The van der Waals surface area contributed by atoms with Gasteiger partial charge in [0.15, 0.2) is 0 Å². The SMILES string of the molecule is CO[Si](CC(C)C)(OC)C1(O)CC2CCC1(C)C2(C)C. The molecule has 0 aromatic rings. The summed E-state index contributed by atoms with van der Waals surface area (Å²) in [5, 5.41) is 11.0. The van der Waals surface area contributed by atoms with Crippen LogP contribution in [-0.4, -0.2) is 33.1 Å². The van der Waals surface area contributed by atoms with Crippen LogP contribution in [0.5, 0.6) is 0 Å². The predicted molar refractivity (Wildman–Crippen MR) is 83.6 cm³/mol. The Kier molecular flexibility index (Phi) is 3.95. The van der Waals surface area contributed by atoms with Crippen LogP contribution >= 0.6 is 0 Å². The van der Waals surface area contributed by atoms with Crippen LogP contribution in [0.3, 0.4) is 0 Å². The van der Waals surface area contributed by atoms with E-state index < -0.39 is 13.8 Å². The van der Waals surface area contributed by atoms with Gasteiger partial charge in [-0.3, -0.25) is 0 Å². The fourth-order valence-electron chi connectivity index (χ4n) is 5.15. The van der Waals surface area contributed by atoms with E-state index in [9.17, 15) is 5.11 Å². The monoisotopic (exact) mass is 300 g/mol. The second-order valence-corrected chi connectivity index (χ2v) is 11.7. The minimum atomic E-state index is -2.66. The molecule has 2 rings (SSSR count). The summed E-state index contributed by atoms with van der Waals surface area (Å²) in [7, 11) is 0.812. The molecule has 3 unspecified atom stereocenters. The molecule has 4 heteroatoms. The Bertz CT molecular complexity index is 378. The first-order valence-electron chi connectivity index (χ1n) is 7.93. The molecule has 0 aliphatic heterocycles. The minimum Gasteiger partial charge on any atom is -0.396 e. The van der Waals surface area contributed by atoms with Crippen LogP contribution in [-0.2, 0) is 8.85 Å². The Morgan fingerprint density at radius 1 is 1.20 bits per heavy atom. The first kappa shape index (κ1) is 16.5. The summed E-state index contributed by atoms with van der Waals surface area (Å²) in [5.74, 6) is 1.05. The van der Waals surface area contributed by atoms with Crippen LogP contribution in [0.25, 0.3) is 0 Å². The average Bonchev–Trinajstić information content (AvgIpc) is 2.67. The van der Waals surface area contributed by atoms with E-state index in [4.69, 9.17) is 8.85 Å². The summed E-state index contributed by atoms with van der Waals surface area (Å²) >= 11 is 0. The third-order valence-electron chi connectivity index (χ3n) is 6.86. The van der Waals surface area contributed by atoms with Crippen molar-refractivity contribution in [3.05, 3.63) is 0 Å². The highest BCUT2D eigenvalue weighted by Gasteiger charge is 2.76. The summed E-state index contributed by atoms with van der Waals surface area (Å²) < 4.78 is 11.9. The van der Waals surface area contributed by atoms with Crippen molar-refractivity contribution in [2.75, 3.05) is 14.2 Å². The predicted octanol–water partition coefficient (Wildman–Crippen LogP) is 3.49. The summed E-state index contributed by atoms with van der Waals surface area (Å²) in [6, 6.07) is 0.856. The van der Waals surface area contributed by atoms with E-state index in [1.54, 1.807) is 14.2 Å². The highest BCUT2D eigenvalue weighted by Crippen LogP contribution is 2.71. The van der Waals surface area contributed by atoms with E-state index in [1.807, 2.05) is 0 Å². The highest BCUT2D eigenvalue weighted by atomic mass is 28.4.